The molecule has 1 amide bonds. The molecule has 0 saturated carbocycles. The summed E-state index contributed by atoms with van der Waals surface area (Å²) in [5.74, 6) is 1.11. The summed E-state index contributed by atoms with van der Waals surface area (Å²) in [7, 11) is 4.99. The van der Waals surface area contributed by atoms with Crippen molar-refractivity contribution in [3.8, 4) is 17.2 Å². The van der Waals surface area contributed by atoms with E-state index in [1.807, 2.05) is 69.4 Å². The minimum atomic E-state index is -0.347. The molecule has 0 unspecified atom stereocenters. The predicted octanol–water partition coefficient (Wildman–Crippen LogP) is 3.67. The topological polar surface area (TPSA) is 65.7 Å². The third-order valence-corrected chi connectivity index (χ3v) is 6.96. The van der Waals surface area contributed by atoms with Crippen molar-refractivity contribution in [2.75, 3.05) is 19.1 Å². The summed E-state index contributed by atoms with van der Waals surface area (Å²) in [5.41, 5.74) is 2.52. The van der Waals surface area contributed by atoms with Crippen LogP contribution in [0.15, 0.2) is 53.3 Å². The number of anilines is 1. The van der Waals surface area contributed by atoms with Crippen LogP contribution in [-0.2, 0) is 11.8 Å². The van der Waals surface area contributed by atoms with Crippen LogP contribution in [0.3, 0.4) is 0 Å². The van der Waals surface area contributed by atoms with Gasteiger partial charge in [0.05, 0.1) is 30.9 Å². The number of thioether (sulfide) groups is 1. The highest BCUT2D eigenvalue weighted by atomic mass is 32.2. The summed E-state index contributed by atoms with van der Waals surface area (Å²) in [5, 5.41) is -0.623. The maximum absolute atomic E-state index is 13.5. The van der Waals surface area contributed by atoms with Crippen LogP contribution in [0.4, 0.5) is 5.69 Å². The summed E-state index contributed by atoms with van der Waals surface area (Å²) >= 11 is 1.51. The van der Waals surface area contributed by atoms with Gasteiger partial charge in [0, 0.05) is 7.05 Å². The molecule has 1 fully saturated rings. The van der Waals surface area contributed by atoms with Gasteiger partial charge in [-0.3, -0.25) is 19.2 Å². The van der Waals surface area contributed by atoms with Crippen LogP contribution in [0.25, 0.3) is 5.69 Å². The number of ether oxygens (including phenoxy) is 2. The van der Waals surface area contributed by atoms with Crippen molar-refractivity contribution in [3.05, 3.63) is 70.1 Å². The highest BCUT2D eigenvalue weighted by Crippen LogP contribution is 2.47. The highest BCUT2D eigenvalue weighted by molar-refractivity contribution is 8.01. The number of carbonyl (C=O) groups excluding carboxylic acids is 1. The zero-order valence-corrected chi connectivity index (χ0v) is 19.0. The molecule has 1 aliphatic heterocycles. The fourth-order valence-corrected chi connectivity index (χ4v) is 5.17. The van der Waals surface area contributed by atoms with Gasteiger partial charge in [-0.1, -0.05) is 24.3 Å². The number of para-hydroxylation sites is 1. The fourth-order valence-electron chi connectivity index (χ4n) is 3.92. The van der Waals surface area contributed by atoms with Gasteiger partial charge in [0.15, 0.2) is 11.5 Å². The van der Waals surface area contributed by atoms with Gasteiger partial charge in [-0.2, -0.15) is 0 Å². The zero-order valence-electron chi connectivity index (χ0n) is 18.2. The lowest BCUT2D eigenvalue weighted by molar-refractivity contribution is -0.117. The molecule has 0 spiro atoms. The van der Waals surface area contributed by atoms with E-state index in [4.69, 9.17) is 9.47 Å². The number of carbonyl (C=O) groups is 1. The number of aromatic nitrogens is 2. The third kappa shape index (κ3) is 3.40. The van der Waals surface area contributed by atoms with Crippen LogP contribution in [0.5, 0.6) is 11.5 Å². The fraction of sp³-hybridized carbons (Fsp3) is 0.304. The minimum Gasteiger partial charge on any atom is -0.493 e. The predicted molar refractivity (Wildman–Crippen MR) is 123 cm³/mol. The smallest absolute Gasteiger partial charge is 0.295 e. The second-order valence-electron chi connectivity index (χ2n) is 7.36. The standard InChI is InChI=1S/C23H25N3O4S/c1-14-20(22(28)26(24(14)3)17-9-7-6-8-10-17)25-21(27)15(2)31-23(25)16-11-12-18(29-4)19(13-16)30-5/h6-13,15,23H,1-5H3/t15-,23-/m1/s1. The van der Waals surface area contributed by atoms with Gasteiger partial charge in [0.2, 0.25) is 5.91 Å². The molecule has 2 heterocycles. The molecule has 162 valence electrons. The first-order valence-corrected chi connectivity index (χ1v) is 10.9. The molecule has 4 rings (SSSR count). The SMILES string of the molecule is COc1ccc([C@H]2S[C@H](C)C(=O)N2c2c(C)n(C)n(-c3ccccc3)c2=O)cc1OC. The second kappa shape index (κ2) is 8.19. The molecule has 0 radical (unpaired) electrons. The Hall–Kier alpha value is -3.13. The lowest BCUT2D eigenvalue weighted by Gasteiger charge is -2.23. The molecule has 31 heavy (non-hydrogen) atoms. The highest BCUT2D eigenvalue weighted by Gasteiger charge is 2.42. The van der Waals surface area contributed by atoms with Crippen LogP contribution in [-0.4, -0.2) is 34.7 Å². The Morgan fingerprint density at radius 2 is 1.65 bits per heavy atom. The van der Waals surface area contributed by atoms with Crippen molar-refractivity contribution in [1.82, 2.24) is 9.36 Å². The molecule has 2 aromatic carbocycles. The van der Waals surface area contributed by atoms with Gasteiger partial charge in [0.25, 0.3) is 5.56 Å². The summed E-state index contributed by atoms with van der Waals surface area (Å²) < 4.78 is 14.2. The van der Waals surface area contributed by atoms with Crippen LogP contribution < -0.4 is 19.9 Å². The Kier molecular flexibility index (Phi) is 5.58. The zero-order chi connectivity index (χ0) is 22.3. The summed E-state index contributed by atoms with van der Waals surface area (Å²) in [4.78, 5) is 28.4. The number of hydrogen-bond donors (Lipinski definition) is 0. The Balaban J connectivity index is 1.87. The average molecular weight is 440 g/mol. The molecule has 8 heteroatoms. The maximum Gasteiger partial charge on any atom is 0.295 e. The van der Waals surface area contributed by atoms with Crippen molar-refractivity contribution in [1.29, 1.82) is 0 Å². The van der Waals surface area contributed by atoms with Crippen molar-refractivity contribution in [2.24, 2.45) is 7.05 Å². The number of nitrogens with zero attached hydrogens (tertiary/aromatic N) is 3. The first kappa shape index (κ1) is 21.1. The Morgan fingerprint density at radius 1 is 0.968 bits per heavy atom. The van der Waals surface area contributed by atoms with E-state index in [1.54, 1.807) is 28.5 Å². The van der Waals surface area contributed by atoms with Gasteiger partial charge in [-0.25, -0.2) is 4.68 Å². The molecule has 1 saturated heterocycles. The average Bonchev–Trinajstić information content (AvgIpc) is 3.19. The van der Waals surface area contributed by atoms with Crippen LogP contribution in [0, 0.1) is 6.92 Å². The van der Waals surface area contributed by atoms with E-state index < -0.39 is 0 Å². The molecule has 2 atom stereocenters. The van der Waals surface area contributed by atoms with E-state index in [1.165, 1.54) is 11.8 Å². The van der Waals surface area contributed by atoms with Gasteiger partial charge in [-0.15, -0.1) is 11.8 Å². The van der Waals surface area contributed by atoms with Crippen molar-refractivity contribution >= 4 is 23.4 Å². The van der Waals surface area contributed by atoms with Crippen molar-refractivity contribution < 1.29 is 14.3 Å². The van der Waals surface area contributed by atoms with Crippen molar-refractivity contribution in [3.63, 3.8) is 0 Å². The van der Waals surface area contributed by atoms with E-state index in [0.717, 1.165) is 16.9 Å². The largest absolute Gasteiger partial charge is 0.493 e. The van der Waals surface area contributed by atoms with E-state index in [-0.39, 0.29) is 22.1 Å². The van der Waals surface area contributed by atoms with Gasteiger partial charge >= 0.3 is 0 Å². The minimum absolute atomic E-state index is 0.0872. The number of rotatable bonds is 5. The van der Waals surface area contributed by atoms with Crippen LogP contribution >= 0.6 is 11.8 Å². The van der Waals surface area contributed by atoms with Gasteiger partial charge in [0.1, 0.15) is 11.1 Å². The monoisotopic (exact) mass is 439 g/mol. The third-order valence-electron chi connectivity index (χ3n) is 5.61. The summed E-state index contributed by atoms with van der Waals surface area (Å²) in [6.45, 7) is 3.73. The summed E-state index contributed by atoms with van der Waals surface area (Å²) in [6.07, 6.45) is 0. The molecular weight excluding hydrogens is 414 g/mol. The number of amides is 1. The van der Waals surface area contributed by atoms with E-state index in [2.05, 4.69) is 0 Å². The van der Waals surface area contributed by atoms with Crippen molar-refractivity contribution in [2.45, 2.75) is 24.5 Å². The summed E-state index contributed by atoms with van der Waals surface area (Å²) in [6, 6.07) is 15.0. The van der Waals surface area contributed by atoms with Gasteiger partial charge in [-0.05, 0) is 43.7 Å². The molecule has 3 aromatic rings. The first-order valence-electron chi connectivity index (χ1n) is 9.93. The quantitative estimate of drug-likeness (QED) is 0.607. The van der Waals surface area contributed by atoms with Crippen LogP contribution in [0.2, 0.25) is 0 Å². The molecule has 7 nitrogen and oxygen atoms in total. The maximum atomic E-state index is 13.5. The Labute approximate surface area is 185 Å². The molecule has 1 aliphatic rings. The lowest BCUT2D eigenvalue weighted by Crippen LogP contribution is -2.34. The molecule has 0 aliphatic carbocycles. The first-order chi connectivity index (χ1) is 14.9. The molecular formula is C23H25N3O4S. The second-order valence-corrected chi connectivity index (χ2v) is 8.79. The van der Waals surface area contributed by atoms with E-state index >= 15 is 0 Å². The Morgan fingerprint density at radius 3 is 2.29 bits per heavy atom. The van der Waals surface area contributed by atoms with E-state index in [9.17, 15) is 9.59 Å². The molecule has 1 aromatic heterocycles. The normalized spacial score (nSPS) is 18.5. The van der Waals surface area contributed by atoms with Crippen LogP contribution in [0.1, 0.15) is 23.6 Å². The Bertz CT molecular complexity index is 1190. The number of hydrogen-bond acceptors (Lipinski definition) is 5. The van der Waals surface area contributed by atoms with Gasteiger partial charge < -0.3 is 9.47 Å². The number of benzene rings is 2. The number of methoxy groups -OCH3 is 2. The van der Waals surface area contributed by atoms with E-state index in [0.29, 0.717) is 17.2 Å². The molecule has 0 bridgehead atoms. The molecule has 0 N–H and O–H groups in total. The lowest BCUT2D eigenvalue weighted by atomic mass is 10.1.